The summed E-state index contributed by atoms with van der Waals surface area (Å²) in [6.07, 6.45) is 2.53. The van der Waals surface area contributed by atoms with Gasteiger partial charge in [0, 0.05) is 68.0 Å². The molecule has 3 aromatic rings. The van der Waals surface area contributed by atoms with Gasteiger partial charge in [0.25, 0.3) is 5.91 Å². The van der Waals surface area contributed by atoms with Gasteiger partial charge in [0.2, 0.25) is 21.8 Å². The highest BCUT2D eigenvalue weighted by molar-refractivity contribution is 7.89. The van der Waals surface area contributed by atoms with E-state index in [1.165, 1.54) is 4.31 Å². The fourth-order valence-electron chi connectivity index (χ4n) is 7.97. The molecule has 0 aromatic heterocycles. The maximum atomic E-state index is 15.4. The van der Waals surface area contributed by atoms with E-state index in [-0.39, 0.29) is 55.4 Å². The van der Waals surface area contributed by atoms with Gasteiger partial charge in [0.05, 0.1) is 36.7 Å². The quantitative estimate of drug-likeness (QED) is 0.281. The summed E-state index contributed by atoms with van der Waals surface area (Å²) in [4.78, 5) is 46.0. The minimum absolute atomic E-state index is 0.0726. The summed E-state index contributed by atoms with van der Waals surface area (Å²) < 4.78 is 36.0. The molecule has 7 rings (SSSR count). The summed E-state index contributed by atoms with van der Waals surface area (Å²) in [7, 11) is -3.90. The minimum Gasteiger partial charge on any atom is -0.493 e. The van der Waals surface area contributed by atoms with E-state index in [0.29, 0.717) is 60.6 Å². The molecule has 4 fully saturated rings. The first-order chi connectivity index (χ1) is 26.5. The largest absolute Gasteiger partial charge is 0.493 e. The molecule has 3 amide bonds. The van der Waals surface area contributed by atoms with E-state index in [1.807, 2.05) is 36.1 Å². The fraction of sp³-hybridized carbons (Fsp3) is 0.462. The Balaban J connectivity index is 1.28. The predicted octanol–water partition coefficient (Wildman–Crippen LogP) is 3.50. The van der Waals surface area contributed by atoms with Crippen LogP contribution < -0.4 is 20.7 Å². The number of piperidine rings is 1. The molecule has 2 unspecified atom stereocenters. The second-order valence-corrected chi connectivity index (χ2v) is 17.2. The Kier molecular flexibility index (Phi) is 12.0. The lowest BCUT2D eigenvalue weighted by atomic mass is 9.95. The highest BCUT2D eigenvalue weighted by atomic mass is 35.5. The van der Waals surface area contributed by atoms with Crippen molar-refractivity contribution in [2.75, 3.05) is 72.1 Å². The number of carbonyl (C=O) groups excluding carboxylic acids is 3. The van der Waals surface area contributed by atoms with Gasteiger partial charge in [-0.3, -0.25) is 29.9 Å². The van der Waals surface area contributed by atoms with Gasteiger partial charge in [-0.1, -0.05) is 53.9 Å². The normalized spacial score (nSPS) is 24.1. The molecule has 16 heteroatoms. The number of benzene rings is 3. The van der Waals surface area contributed by atoms with E-state index in [2.05, 4.69) is 16.0 Å². The molecule has 0 bridgehead atoms. The van der Waals surface area contributed by atoms with Crippen molar-refractivity contribution in [1.82, 2.24) is 35.0 Å². The third kappa shape index (κ3) is 8.36. The van der Waals surface area contributed by atoms with Gasteiger partial charge in [-0.25, -0.2) is 8.42 Å². The second-order valence-electron chi connectivity index (χ2n) is 14.4. The highest BCUT2D eigenvalue weighted by Gasteiger charge is 2.55. The van der Waals surface area contributed by atoms with E-state index < -0.39 is 27.8 Å². The van der Waals surface area contributed by atoms with Crippen molar-refractivity contribution in [3.05, 3.63) is 93.5 Å². The maximum absolute atomic E-state index is 15.4. The molecular weight excluding hydrogens is 765 g/mol. The molecule has 0 aliphatic carbocycles. The van der Waals surface area contributed by atoms with Crippen LogP contribution in [0.4, 0.5) is 0 Å². The molecule has 4 aliphatic heterocycles. The van der Waals surface area contributed by atoms with Crippen LogP contribution in [0.3, 0.4) is 0 Å². The third-order valence-electron chi connectivity index (χ3n) is 10.9. The topological polar surface area (TPSA) is 144 Å². The Morgan fingerprint density at radius 3 is 1.95 bits per heavy atom. The van der Waals surface area contributed by atoms with Gasteiger partial charge >= 0.3 is 0 Å². The summed E-state index contributed by atoms with van der Waals surface area (Å²) in [6.45, 7) is 5.41. The van der Waals surface area contributed by atoms with Crippen LogP contribution in [0.5, 0.6) is 5.75 Å². The molecule has 4 saturated heterocycles. The average Bonchev–Trinajstić information content (AvgIpc) is 3.60. The number of amides is 3. The molecule has 2 atom stereocenters. The van der Waals surface area contributed by atoms with Crippen LogP contribution in [-0.4, -0.2) is 117 Å². The van der Waals surface area contributed by atoms with Crippen molar-refractivity contribution in [3.63, 3.8) is 0 Å². The zero-order valence-corrected chi connectivity index (χ0v) is 33.1. The molecule has 0 spiro atoms. The van der Waals surface area contributed by atoms with Gasteiger partial charge < -0.3 is 19.9 Å². The molecule has 294 valence electrons. The van der Waals surface area contributed by atoms with Crippen molar-refractivity contribution in [3.8, 4) is 5.75 Å². The minimum atomic E-state index is -3.90. The number of piperazine rings is 2. The van der Waals surface area contributed by atoms with Crippen LogP contribution in [0.2, 0.25) is 10.0 Å². The number of nitrogens with zero attached hydrogens (tertiary/aromatic N) is 4. The molecular formula is C39H47Cl2N7O6S. The van der Waals surface area contributed by atoms with Crippen LogP contribution in [-0.2, 0) is 30.1 Å². The molecule has 3 aromatic carbocycles. The first kappa shape index (κ1) is 39.5. The molecule has 13 nitrogen and oxygen atoms in total. The highest BCUT2D eigenvalue weighted by Crippen LogP contribution is 2.45. The number of ether oxygens (including phenoxy) is 1. The molecule has 0 saturated carbocycles. The summed E-state index contributed by atoms with van der Waals surface area (Å²) in [5, 5.41) is 11.3. The molecule has 3 N–H and O–H groups in total. The van der Waals surface area contributed by atoms with Crippen molar-refractivity contribution >= 4 is 50.9 Å². The van der Waals surface area contributed by atoms with E-state index >= 15 is 4.79 Å². The summed E-state index contributed by atoms with van der Waals surface area (Å²) in [5.41, 5.74) is 0.362. The van der Waals surface area contributed by atoms with E-state index in [0.717, 1.165) is 30.4 Å². The van der Waals surface area contributed by atoms with Crippen molar-refractivity contribution in [1.29, 1.82) is 0 Å². The lowest BCUT2D eigenvalue weighted by Gasteiger charge is -2.41. The Bertz CT molecular complexity index is 1930. The van der Waals surface area contributed by atoms with Crippen LogP contribution in [0.25, 0.3) is 0 Å². The fourth-order valence-corrected chi connectivity index (χ4v) is 9.77. The molecule has 4 aliphatic rings. The van der Waals surface area contributed by atoms with E-state index in [1.54, 1.807) is 52.3 Å². The van der Waals surface area contributed by atoms with Crippen LogP contribution in [0, 0.1) is 0 Å². The lowest BCUT2D eigenvalue weighted by Crippen LogP contribution is -2.63. The number of nitrogens with one attached hydrogen (secondary N) is 3. The summed E-state index contributed by atoms with van der Waals surface area (Å²) in [6, 6.07) is 18.6. The van der Waals surface area contributed by atoms with Crippen LogP contribution >= 0.6 is 23.2 Å². The van der Waals surface area contributed by atoms with Gasteiger partial charge in [0.1, 0.15) is 5.75 Å². The van der Waals surface area contributed by atoms with Gasteiger partial charge in [0.15, 0.2) is 5.66 Å². The Labute approximate surface area is 332 Å². The number of rotatable bonds is 10. The standard InChI is InChI=1S/C39H47Cl2N7O6S/c1-2-54-33-15-14-31(55(52,53)48-17-4-3-5-18-48)24-32(33)39(38(51)47-22-20-46(21-23-47)35(50)26-45-19-16-42-34(49)25-45)43-36(27-6-10-29(40)11-7-27)37(44-39)28-8-12-30(41)13-9-28/h6-15,24,36-37,43-44H,2-5,16-23,25-26H2,1H3,(H,42,49). The van der Waals surface area contributed by atoms with Crippen molar-refractivity contribution in [2.45, 2.75) is 48.8 Å². The van der Waals surface area contributed by atoms with Gasteiger partial charge in [-0.2, -0.15) is 4.31 Å². The number of hydrogen-bond donors (Lipinski definition) is 3. The number of sulfonamides is 1. The second kappa shape index (κ2) is 16.8. The first-order valence-electron chi connectivity index (χ1n) is 18.9. The van der Waals surface area contributed by atoms with Crippen LogP contribution in [0.15, 0.2) is 71.6 Å². The van der Waals surface area contributed by atoms with Gasteiger partial charge in [-0.05, 0) is 73.4 Å². The average molecular weight is 813 g/mol. The Morgan fingerprint density at radius 1 is 0.800 bits per heavy atom. The molecule has 0 radical (unpaired) electrons. The summed E-state index contributed by atoms with van der Waals surface area (Å²) in [5.74, 6) is -0.187. The number of carbonyl (C=O) groups is 3. The van der Waals surface area contributed by atoms with Crippen LogP contribution in [0.1, 0.15) is 55.0 Å². The van der Waals surface area contributed by atoms with E-state index in [9.17, 15) is 18.0 Å². The Hall–Kier alpha value is -3.76. The van der Waals surface area contributed by atoms with Crippen molar-refractivity contribution < 1.29 is 27.5 Å². The van der Waals surface area contributed by atoms with Crippen molar-refractivity contribution in [2.24, 2.45) is 0 Å². The number of halogens is 2. The zero-order valence-electron chi connectivity index (χ0n) is 30.8. The molecule has 4 heterocycles. The lowest BCUT2D eigenvalue weighted by molar-refractivity contribution is -0.145. The Morgan fingerprint density at radius 2 is 1.38 bits per heavy atom. The monoisotopic (exact) mass is 811 g/mol. The molecule has 55 heavy (non-hydrogen) atoms. The predicted molar refractivity (Wildman–Crippen MR) is 209 cm³/mol. The number of hydrogen-bond acceptors (Lipinski definition) is 9. The third-order valence-corrected chi connectivity index (χ3v) is 13.3. The smallest absolute Gasteiger partial charge is 0.262 e. The van der Waals surface area contributed by atoms with Gasteiger partial charge in [-0.15, -0.1) is 0 Å². The summed E-state index contributed by atoms with van der Waals surface area (Å²) >= 11 is 12.7. The maximum Gasteiger partial charge on any atom is 0.262 e. The SMILES string of the molecule is CCOc1ccc(S(=O)(=O)N2CCCCC2)cc1C1(C(=O)N2CCN(C(=O)CN3CCNC(=O)C3)CC2)NC(c2ccc(Cl)cc2)C(c2ccc(Cl)cc2)N1. The van der Waals surface area contributed by atoms with E-state index in [4.69, 9.17) is 27.9 Å². The first-order valence-corrected chi connectivity index (χ1v) is 21.1. The zero-order chi connectivity index (χ0) is 38.7.